The molecule has 0 aliphatic carbocycles. The topological polar surface area (TPSA) is 37.3 Å². The zero-order chi connectivity index (χ0) is 15.6. The molecule has 0 radical (unpaired) electrons. The second-order valence-electron chi connectivity index (χ2n) is 5.44. The van der Waals surface area contributed by atoms with Gasteiger partial charge in [-0.2, -0.15) is 0 Å². The van der Waals surface area contributed by atoms with E-state index in [2.05, 4.69) is 43.4 Å². The van der Waals surface area contributed by atoms with Crippen molar-refractivity contribution in [2.24, 2.45) is 0 Å². The molecule has 1 N–H and O–H groups in total. The van der Waals surface area contributed by atoms with Crippen LogP contribution in [-0.4, -0.2) is 11.1 Å². The molecule has 0 atom stereocenters. The van der Waals surface area contributed by atoms with Crippen LogP contribution < -0.4 is 0 Å². The lowest BCUT2D eigenvalue weighted by Gasteiger charge is -1.97. The van der Waals surface area contributed by atoms with Gasteiger partial charge in [0.2, 0.25) is 0 Å². The minimum absolute atomic E-state index is 0.316. The SMILES string of the molecule is CCCCC\C=C/C=C\C=C/CCCCCCCC(=O)O. The highest BCUT2D eigenvalue weighted by molar-refractivity contribution is 5.66. The number of carboxylic acid groups (broad SMARTS) is 1. The zero-order valence-electron chi connectivity index (χ0n) is 13.6. The van der Waals surface area contributed by atoms with Crippen LogP contribution in [0.4, 0.5) is 0 Å². The van der Waals surface area contributed by atoms with Gasteiger partial charge in [-0.15, -0.1) is 0 Å². The molecule has 0 amide bonds. The monoisotopic (exact) mass is 292 g/mol. The fourth-order valence-electron chi connectivity index (χ4n) is 2.06. The molecule has 0 saturated heterocycles. The Labute approximate surface area is 130 Å². The first kappa shape index (κ1) is 19.7. The van der Waals surface area contributed by atoms with Gasteiger partial charge in [-0.1, -0.05) is 75.5 Å². The van der Waals surface area contributed by atoms with Crippen molar-refractivity contribution in [1.29, 1.82) is 0 Å². The molecule has 0 aliphatic heterocycles. The maximum absolute atomic E-state index is 10.3. The zero-order valence-corrected chi connectivity index (χ0v) is 13.6. The Morgan fingerprint density at radius 2 is 1.29 bits per heavy atom. The van der Waals surface area contributed by atoms with Gasteiger partial charge < -0.3 is 5.11 Å². The number of unbranched alkanes of at least 4 members (excludes halogenated alkanes) is 8. The third-order valence-corrected chi connectivity index (χ3v) is 3.34. The fraction of sp³-hybridized carbons (Fsp3) is 0.632. The molecule has 0 bridgehead atoms. The minimum atomic E-state index is -0.677. The quantitative estimate of drug-likeness (QED) is 0.312. The number of aliphatic carboxylic acids is 1. The van der Waals surface area contributed by atoms with Crippen LogP contribution in [0.15, 0.2) is 36.5 Å². The molecule has 0 heterocycles. The van der Waals surface area contributed by atoms with Crippen LogP contribution in [0.2, 0.25) is 0 Å². The molecule has 2 heteroatoms. The molecule has 0 saturated carbocycles. The van der Waals surface area contributed by atoms with E-state index in [1.807, 2.05) is 0 Å². The van der Waals surface area contributed by atoms with Gasteiger partial charge in [-0.25, -0.2) is 0 Å². The molecule has 21 heavy (non-hydrogen) atoms. The van der Waals surface area contributed by atoms with Crippen molar-refractivity contribution >= 4 is 5.97 Å². The molecule has 0 fully saturated rings. The van der Waals surface area contributed by atoms with E-state index in [0.29, 0.717) is 6.42 Å². The van der Waals surface area contributed by atoms with E-state index in [4.69, 9.17) is 5.11 Å². The largest absolute Gasteiger partial charge is 0.481 e. The molecule has 2 nitrogen and oxygen atoms in total. The lowest BCUT2D eigenvalue weighted by Crippen LogP contribution is -1.93. The summed E-state index contributed by atoms with van der Waals surface area (Å²) < 4.78 is 0. The number of hydrogen-bond donors (Lipinski definition) is 1. The fourth-order valence-corrected chi connectivity index (χ4v) is 2.06. The van der Waals surface area contributed by atoms with Crippen LogP contribution in [0.1, 0.15) is 77.6 Å². The molecule has 0 rings (SSSR count). The summed E-state index contributed by atoms with van der Waals surface area (Å²) in [5, 5.41) is 8.51. The van der Waals surface area contributed by atoms with Crippen LogP contribution in [0.3, 0.4) is 0 Å². The summed E-state index contributed by atoms with van der Waals surface area (Å²) in [5.74, 6) is -0.677. The molecule has 0 spiro atoms. The molecule has 0 aliphatic rings. The van der Waals surface area contributed by atoms with Crippen LogP contribution in [0.25, 0.3) is 0 Å². The number of hydrogen-bond acceptors (Lipinski definition) is 1. The summed E-state index contributed by atoms with van der Waals surface area (Å²) in [4.78, 5) is 10.3. The van der Waals surface area contributed by atoms with Gasteiger partial charge in [0.15, 0.2) is 0 Å². The van der Waals surface area contributed by atoms with Crippen molar-refractivity contribution in [3.8, 4) is 0 Å². The summed E-state index contributed by atoms with van der Waals surface area (Å²) in [6.45, 7) is 2.23. The molecule has 120 valence electrons. The minimum Gasteiger partial charge on any atom is -0.481 e. The predicted octanol–water partition coefficient (Wildman–Crippen LogP) is 6.05. The highest BCUT2D eigenvalue weighted by atomic mass is 16.4. The smallest absolute Gasteiger partial charge is 0.303 e. The maximum Gasteiger partial charge on any atom is 0.303 e. The summed E-state index contributed by atoms with van der Waals surface area (Å²) in [7, 11) is 0. The van der Waals surface area contributed by atoms with E-state index >= 15 is 0 Å². The number of carbonyl (C=O) groups is 1. The summed E-state index contributed by atoms with van der Waals surface area (Å²) >= 11 is 0. The Hall–Kier alpha value is -1.31. The first-order valence-electron chi connectivity index (χ1n) is 8.47. The van der Waals surface area contributed by atoms with Gasteiger partial charge in [0, 0.05) is 6.42 Å². The van der Waals surface area contributed by atoms with Crippen molar-refractivity contribution in [3.05, 3.63) is 36.5 Å². The Morgan fingerprint density at radius 1 is 0.762 bits per heavy atom. The Balaban J connectivity index is 3.30. The van der Waals surface area contributed by atoms with Crippen LogP contribution in [0, 0.1) is 0 Å². The molecule has 0 unspecified atom stereocenters. The average Bonchev–Trinajstić information content (AvgIpc) is 2.46. The first-order valence-corrected chi connectivity index (χ1v) is 8.47. The highest BCUT2D eigenvalue weighted by Crippen LogP contribution is 2.07. The summed E-state index contributed by atoms with van der Waals surface area (Å²) in [5.41, 5.74) is 0. The standard InChI is InChI=1S/C19H32O2/c1-2-3-4-5-6-7-8-9-10-11-12-13-14-15-16-17-18-19(20)21/h6-11H,2-5,12-18H2,1H3,(H,20,21)/b7-6-,9-8-,11-10-. The third kappa shape index (κ3) is 18.7. The molecule has 0 aromatic heterocycles. The number of carboxylic acids is 1. The maximum atomic E-state index is 10.3. The molecular weight excluding hydrogens is 260 g/mol. The third-order valence-electron chi connectivity index (χ3n) is 3.34. The lowest BCUT2D eigenvalue weighted by molar-refractivity contribution is -0.137. The molecule has 0 aromatic rings. The van der Waals surface area contributed by atoms with Crippen LogP contribution in [0.5, 0.6) is 0 Å². The Kier molecular flexibility index (Phi) is 15.7. The van der Waals surface area contributed by atoms with Gasteiger partial charge in [-0.3, -0.25) is 4.79 Å². The number of allylic oxidation sites excluding steroid dienone is 6. The Morgan fingerprint density at radius 3 is 1.86 bits per heavy atom. The van der Waals surface area contributed by atoms with Gasteiger partial charge in [-0.05, 0) is 32.1 Å². The first-order chi connectivity index (χ1) is 10.3. The van der Waals surface area contributed by atoms with E-state index in [1.165, 1.54) is 38.5 Å². The van der Waals surface area contributed by atoms with E-state index in [9.17, 15) is 4.79 Å². The second kappa shape index (κ2) is 16.7. The van der Waals surface area contributed by atoms with Crippen molar-refractivity contribution in [3.63, 3.8) is 0 Å². The van der Waals surface area contributed by atoms with Crippen LogP contribution in [-0.2, 0) is 4.79 Å². The van der Waals surface area contributed by atoms with E-state index in [-0.39, 0.29) is 0 Å². The predicted molar refractivity (Wildman–Crippen MR) is 91.5 cm³/mol. The van der Waals surface area contributed by atoms with E-state index < -0.39 is 5.97 Å². The second-order valence-corrected chi connectivity index (χ2v) is 5.44. The van der Waals surface area contributed by atoms with Gasteiger partial charge in [0.1, 0.15) is 0 Å². The normalized spacial score (nSPS) is 12.0. The molecular formula is C19H32O2. The lowest BCUT2D eigenvalue weighted by atomic mass is 10.1. The Bertz CT molecular complexity index is 314. The van der Waals surface area contributed by atoms with Crippen molar-refractivity contribution in [1.82, 2.24) is 0 Å². The average molecular weight is 292 g/mol. The van der Waals surface area contributed by atoms with Gasteiger partial charge in [0.05, 0.1) is 0 Å². The van der Waals surface area contributed by atoms with E-state index in [1.54, 1.807) is 0 Å². The number of rotatable bonds is 14. The van der Waals surface area contributed by atoms with E-state index in [0.717, 1.165) is 25.7 Å². The van der Waals surface area contributed by atoms with Crippen LogP contribution >= 0.6 is 0 Å². The van der Waals surface area contributed by atoms with Crippen molar-refractivity contribution in [2.75, 3.05) is 0 Å². The van der Waals surface area contributed by atoms with Gasteiger partial charge >= 0.3 is 5.97 Å². The summed E-state index contributed by atoms with van der Waals surface area (Å²) in [6.07, 6.45) is 24.8. The highest BCUT2D eigenvalue weighted by Gasteiger charge is 1.95. The van der Waals surface area contributed by atoms with Crippen molar-refractivity contribution in [2.45, 2.75) is 77.6 Å². The summed E-state index contributed by atoms with van der Waals surface area (Å²) in [6, 6.07) is 0. The molecule has 0 aromatic carbocycles. The van der Waals surface area contributed by atoms with Gasteiger partial charge in [0.25, 0.3) is 0 Å². The van der Waals surface area contributed by atoms with Crippen molar-refractivity contribution < 1.29 is 9.90 Å².